The summed E-state index contributed by atoms with van der Waals surface area (Å²) in [5, 5.41) is 13.6. The summed E-state index contributed by atoms with van der Waals surface area (Å²) in [6.07, 6.45) is 3.06. The van der Waals surface area contributed by atoms with Crippen molar-refractivity contribution >= 4 is 52.9 Å². The molecule has 4 N–H and O–H groups in total. The minimum Gasteiger partial charge on any atom is -1.00 e. The van der Waals surface area contributed by atoms with E-state index < -0.39 is 17.9 Å². The number of aliphatic imine (C=N–C) groups is 1. The maximum absolute atomic E-state index is 11.8. The van der Waals surface area contributed by atoms with Crippen molar-refractivity contribution in [2.24, 2.45) is 10.7 Å². The maximum Gasteiger partial charge on any atom is 2.00 e. The van der Waals surface area contributed by atoms with E-state index in [-0.39, 0.29) is 52.9 Å². The van der Waals surface area contributed by atoms with E-state index in [0.717, 1.165) is 12.2 Å². The van der Waals surface area contributed by atoms with Crippen LogP contribution in [0.25, 0.3) is 0 Å². The number of halogens is 2. The molecule has 8 nitrogen and oxygen atoms in total. The van der Waals surface area contributed by atoms with Crippen LogP contribution in [0.4, 0.5) is 0 Å². The van der Waals surface area contributed by atoms with Crippen LogP contribution in [-0.2, 0) is 37.1 Å². The van der Waals surface area contributed by atoms with Gasteiger partial charge in [0.05, 0.1) is 29.9 Å². The normalized spacial score (nSPS) is 11.8. The van der Waals surface area contributed by atoms with Gasteiger partial charge in [0.25, 0.3) is 0 Å². The Kier molecular flexibility index (Phi) is 15.9. The fourth-order valence-corrected chi connectivity index (χ4v) is 2.42. The Bertz CT molecular complexity index is 576. The van der Waals surface area contributed by atoms with Gasteiger partial charge in [-0.05, 0) is 34.8 Å². The zero-order valence-electron chi connectivity index (χ0n) is 13.1. The molecule has 1 aromatic heterocycles. The first kappa shape index (κ1) is 26.9. The molecule has 144 valence electrons. The van der Waals surface area contributed by atoms with Gasteiger partial charge in [-0.2, -0.15) is 12.6 Å². The number of carboxylic acid groups (broad SMARTS) is 1. The molecule has 0 aliphatic carbocycles. The van der Waals surface area contributed by atoms with Gasteiger partial charge < -0.3 is 38.3 Å². The number of aromatic nitrogens is 2. The Labute approximate surface area is 185 Å². The number of aliphatic carboxylic acids is 1. The van der Waals surface area contributed by atoms with Gasteiger partial charge in [0.1, 0.15) is 3.70 Å². The Hall–Kier alpha value is -0.322. The molecule has 0 aromatic carbocycles. The largest absolute Gasteiger partial charge is 2.00 e. The molecule has 1 rings (SSSR count). The van der Waals surface area contributed by atoms with Gasteiger partial charge in [-0.25, -0.2) is 4.98 Å². The number of carbonyl (C=O) groups excluding carboxylic acids is 2. The number of H-pyrrole nitrogens is 1. The number of aromatic amines is 1. The van der Waals surface area contributed by atoms with Crippen LogP contribution in [0.2, 0.25) is 0 Å². The first-order valence-electron chi connectivity index (χ1n) is 7.01. The van der Waals surface area contributed by atoms with Crippen molar-refractivity contribution in [1.29, 1.82) is 0 Å². The third-order valence-corrected chi connectivity index (χ3v) is 4.18. The van der Waals surface area contributed by atoms with Crippen LogP contribution >= 0.6 is 35.2 Å². The van der Waals surface area contributed by atoms with Crippen LogP contribution in [0.15, 0.2) is 11.3 Å². The molecule has 0 saturated carbocycles. The zero-order valence-corrected chi connectivity index (χ0v) is 19.2. The Balaban J connectivity index is 0. The molecule has 0 aliphatic heterocycles. The number of imidazole rings is 1. The second-order valence-electron chi connectivity index (χ2n) is 4.77. The molecular weight excluding hydrogens is 662 g/mol. The Morgan fingerprint density at radius 2 is 2.16 bits per heavy atom. The summed E-state index contributed by atoms with van der Waals surface area (Å²) < 4.78 is 0.657. The maximum atomic E-state index is 11.8. The van der Waals surface area contributed by atoms with Crippen LogP contribution in [0.3, 0.4) is 0 Å². The van der Waals surface area contributed by atoms with Gasteiger partial charge in [-0.1, -0.05) is 0 Å². The topological polar surface area (TPSA) is 136 Å². The Morgan fingerprint density at radius 1 is 1.48 bits per heavy atom. The zero-order chi connectivity index (χ0) is 17.2. The molecule has 0 saturated heterocycles. The van der Waals surface area contributed by atoms with Gasteiger partial charge in [0, 0.05) is 25.8 Å². The van der Waals surface area contributed by atoms with Crippen LogP contribution in [0.5, 0.6) is 0 Å². The second kappa shape index (κ2) is 14.8. The standard InChI is InChI=1S/C13H20IN5O3S.ClH.Pt/c14-12-8(17-7-18-12)6-9(13(21)22)19-11(20)3-4-16-10(15)2-1-5-23;;/h7,9,23H,1-6H2,(H2,15,16)(H,17,18)(H,19,20)(H,21,22);1H;/q;;+2/p-2/t9-;;/m0../s1/i14-2;;. The molecule has 0 unspecified atom stereocenters. The number of nitrogens with zero attached hydrogens (tertiary/aromatic N) is 2. The number of nitrogens with two attached hydrogens (primary N) is 1. The average molecular weight is 681 g/mol. The molecule has 1 amide bonds. The molecule has 0 aliphatic rings. The predicted molar refractivity (Wildman–Crippen MR) is 96.1 cm³/mol. The molecule has 12 heteroatoms. The number of rotatable bonds is 10. The van der Waals surface area contributed by atoms with Gasteiger partial charge >= 0.3 is 21.1 Å². The molecule has 1 aromatic rings. The molecular formula is C13H19ClIN5O3PtS. The van der Waals surface area contributed by atoms with Crippen molar-refractivity contribution < 1.29 is 48.2 Å². The molecule has 0 fully saturated rings. The van der Waals surface area contributed by atoms with Crippen LogP contribution in [0, 0.1) is 3.70 Å². The number of amidine groups is 1. The molecule has 25 heavy (non-hydrogen) atoms. The van der Waals surface area contributed by atoms with E-state index in [2.05, 4.69) is 32.9 Å². The number of nitrogens with one attached hydrogen (secondary N) is 2. The van der Waals surface area contributed by atoms with Gasteiger partial charge in [-0.15, -0.1) is 0 Å². The minimum absolute atomic E-state index is 0. The number of amides is 1. The van der Waals surface area contributed by atoms with Crippen molar-refractivity contribution in [3.8, 4) is 0 Å². The van der Waals surface area contributed by atoms with Crippen LogP contribution in [0.1, 0.15) is 25.0 Å². The fourth-order valence-electron chi connectivity index (χ4n) is 1.75. The van der Waals surface area contributed by atoms with Gasteiger partial charge in [-0.3, -0.25) is 9.79 Å². The van der Waals surface area contributed by atoms with E-state index in [9.17, 15) is 14.7 Å². The molecule has 1 atom stereocenters. The van der Waals surface area contributed by atoms with E-state index in [1.807, 2.05) is 22.6 Å². The van der Waals surface area contributed by atoms with E-state index in [4.69, 9.17) is 5.73 Å². The van der Waals surface area contributed by atoms with E-state index in [0.29, 0.717) is 21.7 Å². The van der Waals surface area contributed by atoms with Gasteiger partial charge in [0.15, 0.2) is 0 Å². The molecule has 1 heterocycles. The van der Waals surface area contributed by atoms with Crippen molar-refractivity contribution in [2.45, 2.75) is 31.7 Å². The summed E-state index contributed by atoms with van der Waals surface area (Å²) in [6, 6.07) is -1.12. The number of carbonyl (C=O) groups is 2. The second-order valence-corrected chi connectivity index (χ2v) is 6.23. The van der Waals surface area contributed by atoms with Crippen LogP contribution < -0.4 is 28.6 Å². The summed E-state index contributed by atoms with van der Waals surface area (Å²) in [6.45, 7) is 0.214. The van der Waals surface area contributed by atoms with E-state index in [1.54, 1.807) is 0 Å². The quantitative estimate of drug-likeness (QED) is 0.0873. The van der Waals surface area contributed by atoms with Crippen molar-refractivity contribution in [1.82, 2.24) is 15.3 Å². The predicted octanol–water partition coefficient (Wildman–Crippen LogP) is -3.75. The van der Waals surface area contributed by atoms with Crippen molar-refractivity contribution in [3.05, 3.63) is 15.7 Å². The molecule has 0 bridgehead atoms. The molecule has 0 radical (unpaired) electrons. The summed E-state index contributed by atoms with van der Waals surface area (Å²) in [7, 11) is 0. The number of thiol groups is 1. The summed E-state index contributed by atoms with van der Waals surface area (Å²) in [5.41, 5.74) is 6.30. The monoisotopic (exact) mass is 680 g/mol. The van der Waals surface area contributed by atoms with Gasteiger partial charge in [0.2, 0.25) is 5.91 Å². The number of carboxylic acids is 1. The van der Waals surface area contributed by atoms with Crippen LogP contribution in [-0.4, -0.2) is 46.0 Å². The number of hydrogen-bond acceptors (Lipinski definition) is 6. The average Bonchev–Trinajstić information content (AvgIpc) is 2.89. The third-order valence-electron chi connectivity index (χ3n) is 2.94. The Morgan fingerprint density at radius 3 is 2.68 bits per heavy atom. The molecule has 0 spiro atoms. The first-order chi connectivity index (χ1) is 10.9. The number of hydrogen-bond donors (Lipinski definition) is 4. The summed E-state index contributed by atoms with van der Waals surface area (Å²) in [5.74, 6) is -0.577. The SMILES string of the molecule is NC(CCCS)=NCCC(=O)N[C@@H](Cc1[nH]cnc1[125I])C(=O)[O-].[Cl-].[Pt+2]. The third kappa shape index (κ3) is 11.1. The minimum atomic E-state index is -1.35. The van der Waals surface area contributed by atoms with E-state index >= 15 is 0 Å². The first-order valence-corrected chi connectivity index (χ1v) is 8.72. The smallest absolute Gasteiger partial charge is 1.00 e. The van der Waals surface area contributed by atoms with E-state index in [1.165, 1.54) is 6.33 Å². The van der Waals surface area contributed by atoms with Crippen molar-refractivity contribution in [2.75, 3.05) is 12.3 Å². The summed E-state index contributed by atoms with van der Waals surface area (Å²) >= 11 is 6.06. The van der Waals surface area contributed by atoms with Crippen molar-refractivity contribution in [3.63, 3.8) is 0 Å². The summed E-state index contributed by atoms with van der Waals surface area (Å²) in [4.78, 5) is 33.8. The fraction of sp³-hybridized carbons (Fsp3) is 0.538.